The fraction of sp³-hybridized carbons (Fsp3) is 0.500. The second kappa shape index (κ2) is 13.1. The van der Waals surface area contributed by atoms with E-state index in [4.69, 9.17) is 5.73 Å². The van der Waals surface area contributed by atoms with Gasteiger partial charge in [-0.1, -0.05) is 31.0 Å². The number of rotatable bonds is 10. The normalized spacial score (nSPS) is 9.68. The molecule has 6 heteroatoms. The number of para-hydroxylation sites is 1. The van der Waals surface area contributed by atoms with E-state index >= 15 is 0 Å². The van der Waals surface area contributed by atoms with E-state index in [1.807, 2.05) is 30.3 Å². The molecule has 4 N–H and O–H groups in total. The van der Waals surface area contributed by atoms with Gasteiger partial charge in [-0.05, 0) is 31.5 Å². The Morgan fingerprint density at radius 1 is 0.909 bits per heavy atom. The van der Waals surface area contributed by atoms with Gasteiger partial charge in [-0.25, -0.2) is 0 Å². The van der Waals surface area contributed by atoms with Gasteiger partial charge in [0.05, 0.1) is 0 Å². The predicted octanol–water partition coefficient (Wildman–Crippen LogP) is 2.46. The van der Waals surface area contributed by atoms with E-state index in [9.17, 15) is 9.59 Å². The molecule has 0 heterocycles. The molecule has 0 saturated carbocycles. The highest BCUT2D eigenvalue weighted by Gasteiger charge is 2.04. The monoisotopic (exact) mass is 327 g/mol. The summed E-state index contributed by atoms with van der Waals surface area (Å²) in [5.41, 5.74) is 6.17. The molecule has 1 aromatic carbocycles. The van der Waals surface area contributed by atoms with Gasteiger partial charge in [-0.15, -0.1) is 12.4 Å². The fourth-order valence-corrected chi connectivity index (χ4v) is 1.93. The van der Waals surface area contributed by atoms with Crippen LogP contribution < -0.4 is 16.4 Å². The second-order valence-corrected chi connectivity index (χ2v) is 4.97. The zero-order valence-electron chi connectivity index (χ0n) is 12.8. The standard InChI is InChI=1S/C16H25N3O2.ClH/c17-12-7-2-1-6-10-15(20)18-13-11-16(21)19-14-8-4-3-5-9-14;/h3-5,8-9H,1-2,6-7,10-13,17H2,(H,18,20)(H,19,21);1H. The number of anilines is 1. The van der Waals surface area contributed by atoms with Crippen LogP contribution in [0.25, 0.3) is 0 Å². The van der Waals surface area contributed by atoms with E-state index in [1.54, 1.807) is 0 Å². The lowest BCUT2D eigenvalue weighted by molar-refractivity contribution is -0.121. The lowest BCUT2D eigenvalue weighted by atomic mass is 10.1. The lowest BCUT2D eigenvalue weighted by Crippen LogP contribution is -2.27. The van der Waals surface area contributed by atoms with E-state index in [0.29, 0.717) is 19.5 Å². The molecular weight excluding hydrogens is 302 g/mol. The smallest absolute Gasteiger partial charge is 0.226 e. The largest absolute Gasteiger partial charge is 0.356 e. The first kappa shape index (κ1) is 20.4. The molecule has 0 aromatic heterocycles. The number of hydrogen-bond donors (Lipinski definition) is 3. The topological polar surface area (TPSA) is 84.2 Å². The number of halogens is 1. The average Bonchev–Trinajstić information content (AvgIpc) is 2.48. The summed E-state index contributed by atoms with van der Waals surface area (Å²) in [6, 6.07) is 9.28. The summed E-state index contributed by atoms with van der Waals surface area (Å²) < 4.78 is 0. The molecule has 1 aromatic rings. The number of nitrogens with one attached hydrogen (secondary N) is 2. The van der Waals surface area contributed by atoms with Gasteiger partial charge >= 0.3 is 0 Å². The average molecular weight is 328 g/mol. The number of unbranched alkanes of at least 4 members (excludes halogenated alkanes) is 3. The summed E-state index contributed by atoms with van der Waals surface area (Å²) in [6.07, 6.45) is 4.80. The van der Waals surface area contributed by atoms with Crippen LogP contribution in [0.3, 0.4) is 0 Å². The fourth-order valence-electron chi connectivity index (χ4n) is 1.93. The van der Waals surface area contributed by atoms with Crippen molar-refractivity contribution in [2.45, 2.75) is 38.5 Å². The molecular formula is C16H26ClN3O2. The molecule has 0 spiro atoms. The van der Waals surface area contributed by atoms with Gasteiger partial charge < -0.3 is 16.4 Å². The van der Waals surface area contributed by atoms with Gasteiger partial charge in [0, 0.05) is 25.1 Å². The van der Waals surface area contributed by atoms with Crippen molar-refractivity contribution in [3.8, 4) is 0 Å². The first-order valence-corrected chi connectivity index (χ1v) is 7.54. The lowest BCUT2D eigenvalue weighted by Gasteiger charge is -2.06. The summed E-state index contributed by atoms with van der Waals surface area (Å²) in [6.45, 7) is 1.09. The summed E-state index contributed by atoms with van der Waals surface area (Å²) in [4.78, 5) is 23.2. The molecule has 0 bridgehead atoms. The number of carbonyl (C=O) groups excluding carboxylic acids is 2. The van der Waals surface area contributed by atoms with Crippen LogP contribution >= 0.6 is 12.4 Å². The van der Waals surface area contributed by atoms with Crippen LogP contribution in [0.15, 0.2) is 30.3 Å². The van der Waals surface area contributed by atoms with Gasteiger partial charge in [0.2, 0.25) is 11.8 Å². The maximum absolute atomic E-state index is 11.7. The molecule has 0 fully saturated rings. The minimum atomic E-state index is -0.0931. The zero-order valence-corrected chi connectivity index (χ0v) is 13.7. The first-order valence-electron chi connectivity index (χ1n) is 7.54. The van der Waals surface area contributed by atoms with E-state index in [-0.39, 0.29) is 30.6 Å². The Balaban J connectivity index is 0.00000441. The number of benzene rings is 1. The third kappa shape index (κ3) is 10.2. The van der Waals surface area contributed by atoms with E-state index < -0.39 is 0 Å². The first-order chi connectivity index (χ1) is 10.2. The van der Waals surface area contributed by atoms with Crippen molar-refractivity contribution in [1.82, 2.24) is 5.32 Å². The van der Waals surface area contributed by atoms with Crippen molar-refractivity contribution < 1.29 is 9.59 Å². The van der Waals surface area contributed by atoms with Crippen molar-refractivity contribution in [3.63, 3.8) is 0 Å². The Morgan fingerprint density at radius 2 is 1.59 bits per heavy atom. The summed E-state index contributed by atoms with van der Waals surface area (Å²) in [5.74, 6) is -0.0836. The predicted molar refractivity (Wildman–Crippen MR) is 92.1 cm³/mol. The van der Waals surface area contributed by atoms with Crippen LogP contribution in [0.4, 0.5) is 5.69 Å². The molecule has 124 valence electrons. The minimum absolute atomic E-state index is 0. The van der Waals surface area contributed by atoms with Gasteiger partial charge in [0.1, 0.15) is 0 Å². The Kier molecular flexibility index (Phi) is 12.2. The van der Waals surface area contributed by atoms with Crippen LogP contribution in [0.5, 0.6) is 0 Å². The van der Waals surface area contributed by atoms with Crippen molar-refractivity contribution in [2.24, 2.45) is 5.73 Å². The highest BCUT2D eigenvalue weighted by Crippen LogP contribution is 2.05. The Labute approximate surface area is 138 Å². The molecule has 1 rings (SSSR count). The van der Waals surface area contributed by atoms with E-state index in [2.05, 4.69) is 10.6 Å². The number of hydrogen-bond acceptors (Lipinski definition) is 3. The number of amides is 2. The Bertz CT molecular complexity index is 427. The highest BCUT2D eigenvalue weighted by atomic mass is 35.5. The number of carbonyl (C=O) groups is 2. The Hall–Kier alpha value is -1.59. The molecule has 0 aliphatic heterocycles. The molecule has 0 saturated heterocycles. The van der Waals surface area contributed by atoms with E-state index in [0.717, 1.165) is 31.4 Å². The zero-order chi connectivity index (χ0) is 15.3. The molecule has 0 atom stereocenters. The molecule has 0 aliphatic carbocycles. The minimum Gasteiger partial charge on any atom is -0.356 e. The second-order valence-electron chi connectivity index (χ2n) is 4.97. The van der Waals surface area contributed by atoms with E-state index in [1.165, 1.54) is 0 Å². The maximum atomic E-state index is 11.7. The quantitative estimate of drug-likeness (QED) is 0.577. The maximum Gasteiger partial charge on any atom is 0.226 e. The van der Waals surface area contributed by atoms with Crippen LogP contribution in [0.1, 0.15) is 38.5 Å². The summed E-state index contributed by atoms with van der Waals surface area (Å²) >= 11 is 0. The van der Waals surface area contributed by atoms with Crippen molar-refractivity contribution in [3.05, 3.63) is 30.3 Å². The molecule has 0 aliphatic rings. The van der Waals surface area contributed by atoms with Crippen LogP contribution in [0.2, 0.25) is 0 Å². The van der Waals surface area contributed by atoms with Crippen molar-refractivity contribution >= 4 is 29.9 Å². The summed E-state index contributed by atoms with van der Waals surface area (Å²) in [7, 11) is 0. The molecule has 0 unspecified atom stereocenters. The van der Waals surface area contributed by atoms with Crippen LogP contribution in [-0.2, 0) is 9.59 Å². The van der Waals surface area contributed by atoms with Crippen molar-refractivity contribution in [2.75, 3.05) is 18.4 Å². The molecule has 22 heavy (non-hydrogen) atoms. The molecule has 2 amide bonds. The SMILES string of the molecule is Cl.NCCCCCCC(=O)NCCC(=O)Nc1ccccc1. The van der Waals surface area contributed by atoms with Gasteiger partial charge in [-0.3, -0.25) is 9.59 Å². The van der Waals surface area contributed by atoms with Crippen LogP contribution in [0, 0.1) is 0 Å². The molecule has 5 nitrogen and oxygen atoms in total. The van der Waals surface area contributed by atoms with Gasteiger partial charge in [0.15, 0.2) is 0 Å². The third-order valence-corrected chi connectivity index (χ3v) is 3.09. The Morgan fingerprint density at radius 3 is 2.27 bits per heavy atom. The third-order valence-electron chi connectivity index (χ3n) is 3.09. The number of nitrogens with two attached hydrogens (primary N) is 1. The summed E-state index contributed by atoms with van der Waals surface area (Å²) in [5, 5.41) is 5.55. The van der Waals surface area contributed by atoms with Gasteiger partial charge in [-0.2, -0.15) is 0 Å². The van der Waals surface area contributed by atoms with Gasteiger partial charge in [0.25, 0.3) is 0 Å². The van der Waals surface area contributed by atoms with Crippen LogP contribution in [-0.4, -0.2) is 24.9 Å². The molecule has 0 radical (unpaired) electrons. The van der Waals surface area contributed by atoms with Crippen molar-refractivity contribution in [1.29, 1.82) is 0 Å². The highest BCUT2D eigenvalue weighted by molar-refractivity contribution is 5.91.